The Labute approximate surface area is 123 Å². The molecule has 3 nitrogen and oxygen atoms in total. The molecular formula is C18H17N3. The molecule has 4 rings (SSSR count). The molecule has 1 aromatic carbocycles. The molecule has 0 saturated carbocycles. The molecule has 3 heterocycles. The molecule has 3 aromatic heterocycles. The Bertz CT molecular complexity index is 953. The van der Waals surface area contributed by atoms with Gasteiger partial charge in [-0.2, -0.15) is 0 Å². The fraction of sp³-hybridized carbons (Fsp3) is 0.167. The monoisotopic (exact) mass is 275 g/mol. The number of benzene rings is 1. The zero-order valence-electron chi connectivity index (χ0n) is 12.5. The summed E-state index contributed by atoms with van der Waals surface area (Å²) < 4.78 is 4.48. The highest BCUT2D eigenvalue weighted by molar-refractivity contribution is 5.84. The first-order chi connectivity index (χ1) is 10.2. The van der Waals surface area contributed by atoms with Crippen LogP contribution in [0.15, 0.2) is 48.7 Å². The number of para-hydroxylation sites is 1. The van der Waals surface area contributed by atoms with Gasteiger partial charge in [-0.3, -0.25) is 4.57 Å². The van der Waals surface area contributed by atoms with Gasteiger partial charge in [-0.15, -0.1) is 0 Å². The maximum absolute atomic E-state index is 4.75. The van der Waals surface area contributed by atoms with Crippen molar-refractivity contribution in [1.29, 1.82) is 0 Å². The summed E-state index contributed by atoms with van der Waals surface area (Å²) in [6.07, 6.45) is 2.10. The summed E-state index contributed by atoms with van der Waals surface area (Å²) in [6.45, 7) is 6.38. The summed E-state index contributed by atoms with van der Waals surface area (Å²) >= 11 is 0. The van der Waals surface area contributed by atoms with Gasteiger partial charge in [-0.05, 0) is 50.1 Å². The van der Waals surface area contributed by atoms with Gasteiger partial charge in [-0.25, -0.2) is 4.98 Å². The number of pyridine rings is 1. The highest BCUT2D eigenvalue weighted by atomic mass is 15.2. The largest absolute Gasteiger partial charge is 0.301 e. The molecule has 0 amide bonds. The van der Waals surface area contributed by atoms with Crippen molar-refractivity contribution < 1.29 is 0 Å². The van der Waals surface area contributed by atoms with Crippen LogP contribution in [0.1, 0.15) is 17.0 Å². The van der Waals surface area contributed by atoms with E-state index in [9.17, 15) is 0 Å². The molecular weight excluding hydrogens is 258 g/mol. The van der Waals surface area contributed by atoms with Gasteiger partial charge in [0.2, 0.25) is 0 Å². The van der Waals surface area contributed by atoms with Crippen molar-refractivity contribution in [3.63, 3.8) is 0 Å². The lowest BCUT2D eigenvalue weighted by molar-refractivity contribution is 0.954. The Hall–Kier alpha value is -2.55. The van der Waals surface area contributed by atoms with Crippen LogP contribution in [0.3, 0.4) is 0 Å². The second-order valence-electron chi connectivity index (χ2n) is 5.58. The van der Waals surface area contributed by atoms with Crippen LogP contribution in [0, 0.1) is 20.8 Å². The SMILES string of the molecule is Cc1cccc(C)c1-n1c(C)nc2cc3ccccn3c21. The zero-order valence-corrected chi connectivity index (χ0v) is 12.5. The Kier molecular flexibility index (Phi) is 2.45. The van der Waals surface area contributed by atoms with Crippen LogP contribution in [0.4, 0.5) is 0 Å². The smallest absolute Gasteiger partial charge is 0.149 e. The number of aromatic nitrogens is 3. The molecule has 3 heteroatoms. The molecule has 0 radical (unpaired) electrons. The van der Waals surface area contributed by atoms with Crippen molar-refractivity contribution in [2.75, 3.05) is 0 Å². The lowest BCUT2D eigenvalue weighted by Gasteiger charge is -2.13. The third-order valence-electron chi connectivity index (χ3n) is 4.11. The summed E-state index contributed by atoms with van der Waals surface area (Å²) in [5, 5.41) is 0. The molecule has 0 spiro atoms. The second-order valence-corrected chi connectivity index (χ2v) is 5.58. The van der Waals surface area contributed by atoms with Crippen molar-refractivity contribution >= 4 is 16.7 Å². The molecule has 0 bridgehead atoms. The molecule has 0 N–H and O–H groups in total. The van der Waals surface area contributed by atoms with Crippen LogP contribution in [0.25, 0.3) is 22.4 Å². The number of fused-ring (bicyclic) bond motifs is 3. The molecule has 104 valence electrons. The van der Waals surface area contributed by atoms with Gasteiger partial charge in [0, 0.05) is 11.7 Å². The van der Waals surface area contributed by atoms with Crippen molar-refractivity contribution in [2.45, 2.75) is 20.8 Å². The van der Waals surface area contributed by atoms with Gasteiger partial charge in [0.05, 0.1) is 5.69 Å². The van der Waals surface area contributed by atoms with Gasteiger partial charge >= 0.3 is 0 Å². The number of aryl methyl sites for hydroxylation is 3. The molecule has 0 aliphatic rings. The number of rotatable bonds is 1. The average Bonchev–Trinajstić information content (AvgIpc) is 2.95. The first-order valence-corrected chi connectivity index (χ1v) is 7.18. The van der Waals surface area contributed by atoms with Crippen molar-refractivity contribution in [1.82, 2.24) is 14.0 Å². The summed E-state index contributed by atoms with van der Waals surface area (Å²) in [5.41, 5.74) is 7.13. The van der Waals surface area contributed by atoms with E-state index in [0.29, 0.717) is 0 Å². The number of imidazole rings is 1. The minimum atomic E-state index is 1.02. The summed E-state index contributed by atoms with van der Waals surface area (Å²) in [7, 11) is 0. The van der Waals surface area contributed by atoms with Gasteiger partial charge in [-0.1, -0.05) is 24.3 Å². The van der Waals surface area contributed by atoms with Crippen LogP contribution in [-0.2, 0) is 0 Å². The third kappa shape index (κ3) is 1.64. The maximum atomic E-state index is 4.75. The van der Waals surface area contributed by atoms with Gasteiger partial charge < -0.3 is 4.40 Å². The maximum Gasteiger partial charge on any atom is 0.149 e. The molecule has 4 aromatic rings. The predicted molar refractivity (Wildman–Crippen MR) is 86.2 cm³/mol. The summed E-state index contributed by atoms with van der Waals surface area (Å²) in [6, 6.07) is 14.8. The Balaban J connectivity index is 2.20. The lowest BCUT2D eigenvalue weighted by atomic mass is 10.1. The first-order valence-electron chi connectivity index (χ1n) is 7.18. The fourth-order valence-electron chi connectivity index (χ4n) is 3.20. The van der Waals surface area contributed by atoms with Crippen LogP contribution in [0.2, 0.25) is 0 Å². The van der Waals surface area contributed by atoms with E-state index in [-0.39, 0.29) is 0 Å². The van der Waals surface area contributed by atoms with E-state index in [1.54, 1.807) is 0 Å². The number of nitrogens with zero attached hydrogens (tertiary/aromatic N) is 3. The predicted octanol–water partition coefficient (Wildman–Crippen LogP) is 4.20. The summed E-state index contributed by atoms with van der Waals surface area (Å²) in [4.78, 5) is 4.75. The third-order valence-corrected chi connectivity index (χ3v) is 4.11. The summed E-state index contributed by atoms with van der Waals surface area (Å²) in [5.74, 6) is 1.02. The molecule has 0 aliphatic heterocycles. The van der Waals surface area contributed by atoms with Crippen LogP contribution >= 0.6 is 0 Å². The quantitative estimate of drug-likeness (QED) is 0.510. The Morgan fingerprint density at radius 1 is 0.905 bits per heavy atom. The van der Waals surface area contributed by atoms with E-state index in [0.717, 1.165) is 17.0 Å². The van der Waals surface area contributed by atoms with Crippen LogP contribution < -0.4 is 0 Å². The van der Waals surface area contributed by atoms with Gasteiger partial charge in [0.1, 0.15) is 17.0 Å². The average molecular weight is 275 g/mol. The molecule has 0 aliphatic carbocycles. The first kappa shape index (κ1) is 12.2. The van der Waals surface area contributed by atoms with Gasteiger partial charge in [0.25, 0.3) is 0 Å². The van der Waals surface area contributed by atoms with E-state index in [1.165, 1.54) is 22.3 Å². The molecule has 21 heavy (non-hydrogen) atoms. The Morgan fingerprint density at radius 2 is 1.67 bits per heavy atom. The Morgan fingerprint density at radius 3 is 2.43 bits per heavy atom. The standard InChI is InChI=1S/C18H17N3/c1-12-7-6-8-13(2)17(12)21-14(3)19-16-11-15-9-4-5-10-20(15)18(16)21/h4-11H,1-3H3. The lowest BCUT2D eigenvalue weighted by Crippen LogP contribution is -2.04. The van der Waals surface area contributed by atoms with Crippen molar-refractivity contribution in [3.05, 3.63) is 65.6 Å². The van der Waals surface area contributed by atoms with E-state index in [2.05, 4.69) is 78.4 Å². The minimum Gasteiger partial charge on any atom is -0.301 e. The molecule has 0 saturated heterocycles. The van der Waals surface area contributed by atoms with Crippen molar-refractivity contribution in [2.24, 2.45) is 0 Å². The molecule has 0 atom stereocenters. The van der Waals surface area contributed by atoms with Crippen molar-refractivity contribution in [3.8, 4) is 5.69 Å². The second kappa shape index (κ2) is 4.22. The highest BCUT2D eigenvalue weighted by Crippen LogP contribution is 2.28. The fourth-order valence-corrected chi connectivity index (χ4v) is 3.20. The number of hydrogen-bond donors (Lipinski definition) is 0. The normalized spacial score (nSPS) is 11.6. The minimum absolute atomic E-state index is 1.02. The molecule has 0 unspecified atom stereocenters. The topological polar surface area (TPSA) is 22.2 Å². The van der Waals surface area contributed by atoms with Crippen LogP contribution in [0.5, 0.6) is 0 Å². The van der Waals surface area contributed by atoms with Gasteiger partial charge in [0.15, 0.2) is 0 Å². The molecule has 0 fully saturated rings. The zero-order chi connectivity index (χ0) is 14.6. The number of hydrogen-bond acceptors (Lipinski definition) is 1. The van der Waals surface area contributed by atoms with Crippen LogP contribution in [-0.4, -0.2) is 14.0 Å². The van der Waals surface area contributed by atoms with E-state index in [4.69, 9.17) is 4.98 Å². The highest BCUT2D eigenvalue weighted by Gasteiger charge is 2.16. The van der Waals surface area contributed by atoms with E-state index < -0.39 is 0 Å². The van der Waals surface area contributed by atoms with E-state index >= 15 is 0 Å². The van der Waals surface area contributed by atoms with E-state index in [1.807, 2.05) is 0 Å².